The molecule has 3 nitrogen and oxygen atoms in total. The Balaban J connectivity index is 0.00000144. The summed E-state index contributed by atoms with van der Waals surface area (Å²) in [6.07, 6.45) is 1.75. The minimum atomic E-state index is -0.300. The maximum Gasteiger partial charge on any atom is 0.343 e. The Hall–Kier alpha value is -0.900. The second-order valence-electron chi connectivity index (χ2n) is 2.66. The van der Waals surface area contributed by atoms with Crippen molar-refractivity contribution in [3.63, 3.8) is 0 Å². The van der Waals surface area contributed by atoms with Crippen LogP contribution in [0, 0.1) is 6.92 Å². The number of rotatable bonds is 1. The number of pyridine rings is 1. The van der Waals surface area contributed by atoms with Gasteiger partial charge in [0, 0.05) is 13.0 Å². The molecule has 0 N–H and O–H groups in total. The van der Waals surface area contributed by atoms with Crippen molar-refractivity contribution in [2.45, 2.75) is 6.92 Å². The highest BCUT2D eigenvalue weighted by atomic mass is 79.9. The molecule has 0 saturated heterocycles. The number of hydrogen-bond donors (Lipinski definition) is 0. The van der Waals surface area contributed by atoms with Gasteiger partial charge in [0.05, 0.1) is 7.11 Å². The molecule has 0 fully saturated rings. The molecule has 1 rings (SSSR count). The maximum atomic E-state index is 11.0. The average molecular weight is 246 g/mol. The standard InChI is InChI=1S/C9H12NO2.BrH/c1-7-4-5-8(6-10(7)2)9(11)12-3;/h4-6H,1-3H3;1H/q+1;/p-1. The highest BCUT2D eigenvalue weighted by molar-refractivity contribution is 5.88. The van der Waals surface area contributed by atoms with Gasteiger partial charge in [0.1, 0.15) is 12.6 Å². The van der Waals surface area contributed by atoms with Gasteiger partial charge < -0.3 is 21.7 Å². The number of carbonyl (C=O) groups excluding carboxylic acids is 1. The minimum Gasteiger partial charge on any atom is -1.00 e. The van der Waals surface area contributed by atoms with Crippen LogP contribution in [0.2, 0.25) is 0 Å². The molecular weight excluding hydrogens is 234 g/mol. The molecule has 0 saturated carbocycles. The van der Waals surface area contributed by atoms with E-state index in [1.165, 1.54) is 7.11 Å². The first-order valence-electron chi connectivity index (χ1n) is 3.69. The quantitative estimate of drug-likeness (QED) is 0.409. The molecule has 1 heterocycles. The monoisotopic (exact) mass is 245 g/mol. The number of nitrogens with zero attached hydrogens (tertiary/aromatic N) is 1. The lowest BCUT2D eigenvalue weighted by Gasteiger charge is -1.97. The summed E-state index contributed by atoms with van der Waals surface area (Å²) in [5, 5.41) is 0. The third kappa shape index (κ3) is 2.81. The summed E-state index contributed by atoms with van der Waals surface area (Å²) in [4.78, 5) is 11.0. The van der Waals surface area contributed by atoms with E-state index >= 15 is 0 Å². The summed E-state index contributed by atoms with van der Waals surface area (Å²) >= 11 is 0. The molecule has 0 aliphatic heterocycles. The average Bonchev–Trinajstić information content (AvgIpc) is 2.08. The number of methoxy groups -OCH3 is 1. The zero-order chi connectivity index (χ0) is 9.14. The van der Waals surface area contributed by atoms with Gasteiger partial charge in [0.15, 0.2) is 11.9 Å². The van der Waals surface area contributed by atoms with Crippen LogP contribution in [-0.4, -0.2) is 13.1 Å². The Morgan fingerprint density at radius 2 is 2.08 bits per heavy atom. The van der Waals surface area contributed by atoms with Crippen molar-refractivity contribution in [1.82, 2.24) is 0 Å². The van der Waals surface area contributed by atoms with Crippen LogP contribution < -0.4 is 21.5 Å². The van der Waals surface area contributed by atoms with Crippen molar-refractivity contribution in [2.24, 2.45) is 7.05 Å². The normalized spacial score (nSPS) is 8.85. The van der Waals surface area contributed by atoms with Crippen LogP contribution in [0.1, 0.15) is 16.1 Å². The van der Waals surface area contributed by atoms with Gasteiger partial charge in [-0.1, -0.05) is 0 Å². The molecular formula is C9H12BrNO2. The van der Waals surface area contributed by atoms with Gasteiger partial charge in [-0.25, -0.2) is 9.36 Å². The molecule has 0 amide bonds. The van der Waals surface area contributed by atoms with Crippen molar-refractivity contribution < 1.29 is 31.1 Å². The van der Waals surface area contributed by atoms with Gasteiger partial charge in [-0.2, -0.15) is 0 Å². The highest BCUT2D eigenvalue weighted by Gasteiger charge is 2.10. The Labute approximate surface area is 88.1 Å². The van der Waals surface area contributed by atoms with E-state index in [-0.39, 0.29) is 23.0 Å². The largest absolute Gasteiger partial charge is 1.00 e. The summed E-state index contributed by atoms with van der Waals surface area (Å²) in [6, 6.07) is 3.63. The van der Waals surface area contributed by atoms with E-state index in [1.54, 1.807) is 12.3 Å². The molecule has 13 heavy (non-hydrogen) atoms. The molecule has 1 aromatic rings. The second-order valence-corrected chi connectivity index (χ2v) is 2.66. The predicted octanol–water partition coefficient (Wildman–Crippen LogP) is -2.39. The van der Waals surface area contributed by atoms with E-state index in [4.69, 9.17) is 0 Å². The number of aryl methyl sites for hydroxylation is 2. The smallest absolute Gasteiger partial charge is 0.343 e. The fourth-order valence-electron chi connectivity index (χ4n) is 0.920. The topological polar surface area (TPSA) is 30.2 Å². The van der Waals surface area contributed by atoms with Crippen LogP contribution in [0.3, 0.4) is 0 Å². The summed E-state index contributed by atoms with van der Waals surface area (Å²) in [6.45, 7) is 1.97. The van der Waals surface area contributed by atoms with Gasteiger partial charge >= 0.3 is 5.97 Å². The number of aromatic nitrogens is 1. The predicted molar refractivity (Wildman–Crippen MR) is 43.7 cm³/mol. The van der Waals surface area contributed by atoms with E-state index in [0.29, 0.717) is 5.56 Å². The molecule has 0 bridgehead atoms. The zero-order valence-electron chi connectivity index (χ0n) is 7.87. The van der Waals surface area contributed by atoms with E-state index in [0.717, 1.165) is 5.69 Å². The first-order valence-corrected chi connectivity index (χ1v) is 3.69. The fourth-order valence-corrected chi connectivity index (χ4v) is 0.920. The lowest BCUT2D eigenvalue weighted by atomic mass is 10.2. The second kappa shape index (κ2) is 4.97. The zero-order valence-corrected chi connectivity index (χ0v) is 9.46. The maximum absolute atomic E-state index is 11.0. The number of halogens is 1. The van der Waals surface area contributed by atoms with Crippen LogP contribution >= 0.6 is 0 Å². The van der Waals surface area contributed by atoms with Crippen molar-refractivity contribution in [3.05, 3.63) is 29.6 Å². The van der Waals surface area contributed by atoms with Gasteiger partial charge in [-0.3, -0.25) is 0 Å². The van der Waals surface area contributed by atoms with Crippen molar-refractivity contribution in [3.8, 4) is 0 Å². The summed E-state index contributed by atoms with van der Waals surface area (Å²) in [5.74, 6) is -0.300. The molecule has 0 aliphatic rings. The summed E-state index contributed by atoms with van der Waals surface area (Å²) in [7, 11) is 3.27. The lowest BCUT2D eigenvalue weighted by Crippen LogP contribution is -3.00. The van der Waals surface area contributed by atoms with Crippen LogP contribution in [0.5, 0.6) is 0 Å². The van der Waals surface area contributed by atoms with E-state index in [2.05, 4.69) is 4.74 Å². The van der Waals surface area contributed by atoms with E-state index < -0.39 is 0 Å². The third-order valence-electron chi connectivity index (χ3n) is 1.81. The van der Waals surface area contributed by atoms with Crippen LogP contribution in [0.25, 0.3) is 0 Å². The summed E-state index contributed by atoms with van der Waals surface area (Å²) in [5.41, 5.74) is 1.67. The van der Waals surface area contributed by atoms with Crippen LogP contribution in [0.4, 0.5) is 0 Å². The van der Waals surface area contributed by atoms with Crippen molar-refractivity contribution in [1.29, 1.82) is 0 Å². The molecule has 0 aliphatic carbocycles. The molecule has 1 aromatic heterocycles. The number of carbonyl (C=O) groups is 1. The Morgan fingerprint density at radius 1 is 1.46 bits per heavy atom. The molecule has 0 unspecified atom stereocenters. The number of ether oxygens (including phenoxy) is 1. The fraction of sp³-hybridized carbons (Fsp3) is 0.333. The van der Waals surface area contributed by atoms with Gasteiger partial charge in [-0.05, 0) is 6.07 Å². The molecule has 0 spiro atoms. The Morgan fingerprint density at radius 3 is 2.54 bits per heavy atom. The SMILES string of the molecule is COC(=O)c1ccc(C)[n+](C)c1.[Br-]. The molecule has 0 atom stereocenters. The van der Waals surface area contributed by atoms with Gasteiger partial charge in [0.25, 0.3) is 0 Å². The van der Waals surface area contributed by atoms with Crippen LogP contribution in [0.15, 0.2) is 18.3 Å². The number of esters is 1. The molecule has 0 radical (unpaired) electrons. The minimum absolute atomic E-state index is 0. The van der Waals surface area contributed by atoms with Gasteiger partial charge in [0.2, 0.25) is 0 Å². The van der Waals surface area contributed by atoms with Gasteiger partial charge in [-0.15, -0.1) is 0 Å². The first kappa shape index (κ1) is 12.1. The Bertz CT molecular complexity index is 312. The Kier molecular flexibility index (Phi) is 4.62. The van der Waals surface area contributed by atoms with Crippen LogP contribution in [-0.2, 0) is 11.8 Å². The van der Waals surface area contributed by atoms with E-state index in [1.807, 2.05) is 24.6 Å². The molecule has 72 valence electrons. The number of hydrogen-bond acceptors (Lipinski definition) is 2. The first-order chi connectivity index (χ1) is 5.65. The lowest BCUT2D eigenvalue weighted by molar-refractivity contribution is -0.677. The summed E-state index contributed by atoms with van der Waals surface area (Å²) < 4.78 is 6.46. The highest BCUT2D eigenvalue weighted by Crippen LogP contribution is 1.98. The third-order valence-corrected chi connectivity index (χ3v) is 1.81. The van der Waals surface area contributed by atoms with E-state index in [9.17, 15) is 4.79 Å². The molecule has 4 heteroatoms. The molecule has 0 aromatic carbocycles. The van der Waals surface area contributed by atoms with Crippen molar-refractivity contribution in [2.75, 3.05) is 7.11 Å². The van der Waals surface area contributed by atoms with Crippen molar-refractivity contribution >= 4 is 5.97 Å².